The van der Waals surface area contributed by atoms with E-state index in [-0.39, 0.29) is 37.4 Å². The van der Waals surface area contributed by atoms with Gasteiger partial charge in [0.2, 0.25) is 17.7 Å². The highest BCUT2D eigenvalue weighted by molar-refractivity contribution is 5.78. The summed E-state index contributed by atoms with van der Waals surface area (Å²) in [6.45, 7) is 0.277. The Morgan fingerprint density at radius 2 is 1.42 bits per heavy atom. The van der Waals surface area contributed by atoms with Gasteiger partial charge in [0, 0.05) is 40.4 Å². The number of amides is 4. The van der Waals surface area contributed by atoms with Crippen LogP contribution in [0.2, 0.25) is 0 Å². The second kappa shape index (κ2) is 12.1. The van der Waals surface area contributed by atoms with Crippen molar-refractivity contribution in [3.05, 3.63) is 0 Å². The lowest BCUT2D eigenvalue weighted by molar-refractivity contribution is -0.137. The van der Waals surface area contributed by atoms with Crippen LogP contribution in [0.15, 0.2) is 0 Å². The Balaban J connectivity index is 3.95. The van der Waals surface area contributed by atoms with Crippen molar-refractivity contribution in [2.45, 2.75) is 38.5 Å². The van der Waals surface area contributed by atoms with Crippen LogP contribution in [0.3, 0.4) is 0 Å². The third kappa shape index (κ3) is 10.4. The van der Waals surface area contributed by atoms with Crippen LogP contribution in [0, 0.1) is 0 Å². The van der Waals surface area contributed by atoms with Crippen LogP contribution in [-0.2, 0) is 19.1 Å². The third-order valence-corrected chi connectivity index (χ3v) is 3.38. The summed E-state index contributed by atoms with van der Waals surface area (Å²) in [6.07, 6.45) is 1.73. The van der Waals surface area contributed by atoms with Crippen molar-refractivity contribution < 1.29 is 23.9 Å². The summed E-state index contributed by atoms with van der Waals surface area (Å²) in [6, 6.07) is 0. The molecule has 0 aromatic rings. The summed E-state index contributed by atoms with van der Waals surface area (Å²) in [4.78, 5) is 48.2. The van der Waals surface area contributed by atoms with Crippen molar-refractivity contribution in [3.63, 3.8) is 0 Å². The number of nitrogens with two attached hydrogens (primary N) is 1. The smallest absolute Gasteiger partial charge is 0.404 e. The maximum Gasteiger partial charge on any atom is 0.404 e. The van der Waals surface area contributed by atoms with Gasteiger partial charge in [-0.2, -0.15) is 0 Å². The Kier molecular flexibility index (Phi) is 11.0. The molecule has 0 aromatic heterocycles. The van der Waals surface area contributed by atoms with Gasteiger partial charge < -0.3 is 25.6 Å². The molecule has 0 radical (unpaired) electrons. The van der Waals surface area contributed by atoms with E-state index >= 15 is 0 Å². The lowest BCUT2D eigenvalue weighted by atomic mass is 10.2. The molecule has 138 valence electrons. The van der Waals surface area contributed by atoms with E-state index in [0.717, 1.165) is 0 Å². The van der Waals surface area contributed by atoms with Gasteiger partial charge in [0.05, 0.1) is 13.3 Å². The van der Waals surface area contributed by atoms with Gasteiger partial charge in [-0.05, 0) is 19.3 Å². The average Bonchev–Trinajstić information content (AvgIpc) is 2.54. The molecule has 24 heavy (non-hydrogen) atoms. The van der Waals surface area contributed by atoms with Crippen molar-refractivity contribution in [2.24, 2.45) is 5.73 Å². The van der Waals surface area contributed by atoms with Crippen LogP contribution in [0.1, 0.15) is 38.5 Å². The molecular weight excluding hydrogens is 316 g/mol. The lowest BCUT2D eigenvalue weighted by Crippen LogP contribution is -2.40. The molecule has 9 nitrogen and oxygen atoms in total. The predicted octanol–water partition coefficient (Wildman–Crippen LogP) is 0.0426. The van der Waals surface area contributed by atoms with Gasteiger partial charge in [0.1, 0.15) is 0 Å². The number of nitrogens with one attached hydrogen (secondary N) is 1. The van der Waals surface area contributed by atoms with Crippen molar-refractivity contribution in [1.82, 2.24) is 15.1 Å². The highest BCUT2D eigenvalue weighted by atomic mass is 16.5. The van der Waals surface area contributed by atoms with E-state index in [4.69, 9.17) is 5.73 Å². The largest absolute Gasteiger partial charge is 0.450 e. The number of nitrogens with zero attached hydrogens (tertiary/aromatic N) is 2. The number of carbonyl (C=O) groups excluding carboxylic acids is 4. The van der Waals surface area contributed by atoms with E-state index in [9.17, 15) is 19.2 Å². The zero-order valence-electron chi connectivity index (χ0n) is 14.7. The molecular formula is C15H28N4O5. The number of hydrogen-bond donors (Lipinski definition) is 2. The molecule has 9 heteroatoms. The molecule has 0 spiro atoms. The Morgan fingerprint density at radius 3 is 1.92 bits per heavy atom. The second-order valence-electron chi connectivity index (χ2n) is 5.48. The van der Waals surface area contributed by atoms with Gasteiger partial charge in [-0.1, -0.05) is 0 Å². The number of rotatable bonds is 11. The number of primary amides is 1. The zero-order valence-corrected chi connectivity index (χ0v) is 14.7. The molecule has 4 amide bonds. The van der Waals surface area contributed by atoms with E-state index in [1.165, 1.54) is 9.80 Å². The fourth-order valence-electron chi connectivity index (χ4n) is 1.94. The van der Waals surface area contributed by atoms with Gasteiger partial charge in [0.15, 0.2) is 0 Å². The first kappa shape index (κ1) is 21.7. The molecule has 0 fully saturated rings. The standard InChI is InChI=1S/C15H28N4O5/c1-17-12(20)7-4-5-8-13(21)18(2)11-19(3)14(22)9-6-10-24-15(16)23/h4-11H2,1-3H3,(H2,16,23)(H,17,20). The third-order valence-electron chi connectivity index (χ3n) is 3.38. The maximum atomic E-state index is 12.0. The second-order valence-corrected chi connectivity index (χ2v) is 5.48. The van der Waals surface area contributed by atoms with Crippen LogP contribution >= 0.6 is 0 Å². The highest BCUT2D eigenvalue weighted by Gasteiger charge is 2.14. The summed E-state index contributed by atoms with van der Waals surface area (Å²) in [7, 11) is 4.81. The average molecular weight is 344 g/mol. The van der Waals surface area contributed by atoms with Crippen LogP contribution in [0.25, 0.3) is 0 Å². The molecule has 0 aliphatic carbocycles. The molecule has 0 unspecified atom stereocenters. The van der Waals surface area contributed by atoms with Gasteiger partial charge in [-0.15, -0.1) is 0 Å². The van der Waals surface area contributed by atoms with E-state index in [2.05, 4.69) is 10.1 Å². The van der Waals surface area contributed by atoms with Crippen molar-refractivity contribution in [3.8, 4) is 0 Å². The molecule has 0 saturated carbocycles. The fourth-order valence-corrected chi connectivity index (χ4v) is 1.94. The number of carbonyl (C=O) groups is 4. The van der Waals surface area contributed by atoms with Gasteiger partial charge in [-0.25, -0.2) is 4.79 Å². The minimum Gasteiger partial charge on any atom is -0.450 e. The Morgan fingerprint density at radius 1 is 0.917 bits per heavy atom. The van der Waals surface area contributed by atoms with Gasteiger partial charge in [0.25, 0.3) is 0 Å². The number of hydrogen-bond acceptors (Lipinski definition) is 5. The highest BCUT2D eigenvalue weighted by Crippen LogP contribution is 2.04. The normalized spacial score (nSPS) is 9.96. The lowest BCUT2D eigenvalue weighted by Gasteiger charge is -2.25. The number of ether oxygens (including phenoxy) is 1. The Hall–Kier alpha value is -2.32. The summed E-state index contributed by atoms with van der Waals surface area (Å²) < 4.78 is 4.55. The first-order valence-corrected chi connectivity index (χ1v) is 7.88. The van der Waals surface area contributed by atoms with E-state index in [1.807, 2.05) is 0 Å². The summed E-state index contributed by atoms with van der Waals surface area (Å²) >= 11 is 0. The molecule has 0 aromatic carbocycles. The number of unbranched alkanes of at least 4 members (excludes halogenated alkanes) is 1. The van der Waals surface area contributed by atoms with Crippen LogP contribution in [-0.4, -0.2) is 68.0 Å². The molecule has 0 aliphatic heterocycles. The quantitative estimate of drug-likeness (QED) is 0.405. The van der Waals surface area contributed by atoms with Gasteiger partial charge in [-0.3, -0.25) is 14.4 Å². The Labute approximate surface area is 142 Å². The van der Waals surface area contributed by atoms with Crippen LogP contribution < -0.4 is 11.1 Å². The molecule has 3 N–H and O–H groups in total. The SMILES string of the molecule is CNC(=O)CCCCC(=O)N(C)CN(C)C(=O)CCCOC(N)=O. The monoisotopic (exact) mass is 344 g/mol. The minimum absolute atomic E-state index is 0.0403. The summed E-state index contributed by atoms with van der Waals surface area (Å²) in [5, 5.41) is 2.53. The van der Waals surface area contributed by atoms with E-state index in [0.29, 0.717) is 32.1 Å². The van der Waals surface area contributed by atoms with Crippen LogP contribution in [0.4, 0.5) is 4.79 Å². The van der Waals surface area contributed by atoms with Gasteiger partial charge >= 0.3 is 6.09 Å². The molecule has 0 saturated heterocycles. The first-order chi connectivity index (χ1) is 11.3. The van der Waals surface area contributed by atoms with Crippen molar-refractivity contribution >= 4 is 23.8 Å². The van der Waals surface area contributed by atoms with Crippen LogP contribution in [0.5, 0.6) is 0 Å². The Bertz CT molecular complexity index is 442. The first-order valence-electron chi connectivity index (χ1n) is 7.88. The van der Waals surface area contributed by atoms with E-state index < -0.39 is 6.09 Å². The molecule has 0 aliphatic rings. The topological polar surface area (TPSA) is 122 Å². The minimum atomic E-state index is -0.863. The van der Waals surface area contributed by atoms with Crippen molar-refractivity contribution in [1.29, 1.82) is 0 Å². The molecule has 0 heterocycles. The molecule has 0 bridgehead atoms. The summed E-state index contributed by atoms with van der Waals surface area (Å²) in [5.41, 5.74) is 4.82. The summed E-state index contributed by atoms with van der Waals surface area (Å²) in [5.74, 6) is -0.271. The zero-order chi connectivity index (χ0) is 18.5. The van der Waals surface area contributed by atoms with Crippen molar-refractivity contribution in [2.75, 3.05) is 34.4 Å². The fraction of sp³-hybridized carbons (Fsp3) is 0.733. The maximum absolute atomic E-state index is 12.0. The van der Waals surface area contributed by atoms with E-state index in [1.54, 1.807) is 21.1 Å². The molecule has 0 atom stereocenters. The molecule has 0 rings (SSSR count). The predicted molar refractivity (Wildman–Crippen MR) is 87.7 cm³/mol.